The Morgan fingerprint density at radius 2 is 2.07 bits per heavy atom. The van der Waals surface area contributed by atoms with Crippen LogP contribution in [0.2, 0.25) is 0 Å². The zero-order valence-corrected chi connectivity index (χ0v) is 15.2. The van der Waals surface area contributed by atoms with Gasteiger partial charge < -0.3 is 15.0 Å². The maximum Gasteiger partial charge on any atom is 0.317 e. The minimum Gasteiger partial charge on any atom is -0.480 e. The Morgan fingerprint density at radius 3 is 2.70 bits per heavy atom. The molecule has 27 heavy (non-hydrogen) atoms. The molecule has 140 valence electrons. The summed E-state index contributed by atoms with van der Waals surface area (Å²) >= 11 is 0. The van der Waals surface area contributed by atoms with Crippen molar-refractivity contribution in [3.05, 3.63) is 52.2 Å². The molecule has 0 aliphatic carbocycles. The summed E-state index contributed by atoms with van der Waals surface area (Å²) in [5.41, 5.74) is 1.76. The summed E-state index contributed by atoms with van der Waals surface area (Å²) in [4.78, 5) is 29.5. The highest BCUT2D eigenvalue weighted by atomic mass is 19.1. The molecular formula is C19H19FN4O3. The second kappa shape index (κ2) is 5.67. The van der Waals surface area contributed by atoms with Gasteiger partial charge in [-0.15, -0.1) is 0 Å². The van der Waals surface area contributed by atoms with Crippen LogP contribution in [0.15, 0.2) is 18.2 Å². The number of aryl methyl sites for hydroxylation is 2. The molecule has 7 nitrogen and oxygen atoms in total. The first-order valence-electron chi connectivity index (χ1n) is 8.57. The Hall–Kier alpha value is -3.16. The van der Waals surface area contributed by atoms with Crippen LogP contribution in [0.3, 0.4) is 0 Å². The Balaban J connectivity index is 1.91. The lowest BCUT2D eigenvalue weighted by Gasteiger charge is -2.37. The zero-order chi connectivity index (χ0) is 19.5. The normalized spacial score (nSPS) is 19.3. The monoisotopic (exact) mass is 370 g/mol. The number of nitrogens with zero attached hydrogens (tertiary/aromatic N) is 2. The summed E-state index contributed by atoms with van der Waals surface area (Å²) in [7, 11) is 0. The van der Waals surface area contributed by atoms with Crippen LogP contribution in [0.4, 0.5) is 4.39 Å². The number of carbonyl (C=O) groups excluding carboxylic acids is 1. The highest BCUT2D eigenvalue weighted by molar-refractivity contribution is 5.96. The van der Waals surface area contributed by atoms with Crippen LogP contribution in [0.25, 0.3) is 10.9 Å². The van der Waals surface area contributed by atoms with Crippen LogP contribution in [0, 0.1) is 19.7 Å². The first-order valence-corrected chi connectivity index (χ1v) is 8.57. The van der Waals surface area contributed by atoms with E-state index in [-0.39, 0.29) is 30.2 Å². The topological polar surface area (TPSA) is 102 Å². The Kier molecular flexibility index (Phi) is 3.62. The Labute approximate surface area is 154 Å². The summed E-state index contributed by atoms with van der Waals surface area (Å²) < 4.78 is 14.4. The predicted octanol–water partition coefficient (Wildman–Crippen LogP) is 2.65. The number of rotatable bonds is 2. The first kappa shape index (κ1) is 17.3. The summed E-state index contributed by atoms with van der Waals surface area (Å²) in [6, 6.07) is 4.63. The number of benzene rings is 1. The molecule has 0 saturated carbocycles. The molecular weight excluding hydrogens is 351 g/mol. The van der Waals surface area contributed by atoms with E-state index in [9.17, 15) is 19.1 Å². The molecule has 4 rings (SSSR count). The molecule has 0 bridgehead atoms. The second-order valence-corrected chi connectivity index (χ2v) is 7.33. The molecule has 1 unspecified atom stereocenters. The number of fused-ring (bicyclic) bond motifs is 3. The van der Waals surface area contributed by atoms with E-state index in [1.807, 2.05) is 6.92 Å². The maximum absolute atomic E-state index is 14.4. The SMILES string of the molecule is Cc1cc(C(=O)N2Cc3c([nH]c4c(F)ccc(C)c34)C(C)(C(=O)O)C2)n[nH]1. The van der Waals surface area contributed by atoms with Gasteiger partial charge in [-0.25, -0.2) is 4.39 Å². The van der Waals surface area contributed by atoms with E-state index in [1.165, 1.54) is 11.0 Å². The number of aromatic amines is 2. The van der Waals surface area contributed by atoms with Gasteiger partial charge in [0.2, 0.25) is 0 Å². The van der Waals surface area contributed by atoms with E-state index in [1.54, 1.807) is 26.0 Å². The third-order valence-electron chi connectivity index (χ3n) is 5.31. The molecule has 1 amide bonds. The number of carboxylic acids is 1. The average molecular weight is 370 g/mol. The average Bonchev–Trinajstić information content (AvgIpc) is 3.22. The molecule has 3 aromatic rings. The van der Waals surface area contributed by atoms with Crippen molar-refractivity contribution < 1.29 is 19.1 Å². The number of nitrogens with one attached hydrogen (secondary N) is 2. The van der Waals surface area contributed by atoms with Crippen molar-refractivity contribution in [2.75, 3.05) is 6.54 Å². The van der Waals surface area contributed by atoms with Crippen LogP contribution in [0.1, 0.15) is 39.9 Å². The molecule has 1 aliphatic heterocycles. The minimum atomic E-state index is -1.38. The first-order chi connectivity index (χ1) is 12.7. The third kappa shape index (κ3) is 2.43. The van der Waals surface area contributed by atoms with Crippen molar-refractivity contribution in [1.82, 2.24) is 20.1 Å². The van der Waals surface area contributed by atoms with Crippen molar-refractivity contribution in [1.29, 1.82) is 0 Å². The van der Waals surface area contributed by atoms with Gasteiger partial charge in [0.25, 0.3) is 5.91 Å². The quantitative estimate of drug-likeness (QED) is 0.645. The van der Waals surface area contributed by atoms with Crippen LogP contribution < -0.4 is 0 Å². The molecule has 0 saturated heterocycles. The van der Waals surface area contributed by atoms with Crippen molar-refractivity contribution >= 4 is 22.8 Å². The molecule has 3 heterocycles. The van der Waals surface area contributed by atoms with Gasteiger partial charge in [-0.05, 0) is 38.5 Å². The smallest absolute Gasteiger partial charge is 0.317 e. The van der Waals surface area contributed by atoms with E-state index >= 15 is 0 Å². The summed E-state index contributed by atoms with van der Waals surface area (Å²) in [6.45, 7) is 5.32. The fraction of sp³-hybridized carbons (Fsp3) is 0.316. The number of aliphatic carboxylic acids is 1. The zero-order valence-electron chi connectivity index (χ0n) is 15.2. The minimum absolute atomic E-state index is 0.0342. The Bertz CT molecular complexity index is 1100. The summed E-state index contributed by atoms with van der Waals surface area (Å²) in [5.74, 6) is -1.89. The number of carbonyl (C=O) groups is 2. The van der Waals surface area contributed by atoms with Crippen LogP contribution in [-0.2, 0) is 16.8 Å². The Morgan fingerprint density at radius 1 is 1.33 bits per heavy atom. The van der Waals surface area contributed by atoms with Gasteiger partial charge in [0.15, 0.2) is 0 Å². The van der Waals surface area contributed by atoms with Crippen molar-refractivity contribution in [3.8, 4) is 0 Å². The lowest BCUT2D eigenvalue weighted by atomic mass is 9.80. The van der Waals surface area contributed by atoms with Gasteiger partial charge in [-0.3, -0.25) is 14.7 Å². The second-order valence-electron chi connectivity index (χ2n) is 7.33. The largest absolute Gasteiger partial charge is 0.480 e. The fourth-order valence-electron chi connectivity index (χ4n) is 3.86. The number of carboxylic acid groups (broad SMARTS) is 1. The van der Waals surface area contributed by atoms with Gasteiger partial charge in [-0.1, -0.05) is 6.07 Å². The van der Waals surface area contributed by atoms with Gasteiger partial charge in [0.1, 0.15) is 16.9 Å². The summed E-state index contributed by atoms with van der Waals surface area (Å²) in [5, 5.41) is 17.3. The molecule has 8 heteroatoms. The number of amides is 1. The number of aromatic nitrogens is 3. The molecule has 1 aliphatic rings. The number of halogens is 1. The molecule has 1 atom stereocenters. The van der Waals surface area contributed by atoms with Crippen molar-refractivity contribution in [2.24, 2.45) is 0 Å². The highest BCUT2D eigenvalue weighted by Gasteiger charge is 2.46. The predicted molar refractivity (Wildman–Crippen MR) is 96.0 cm³/mol. The molecule has 0 radical (unpaired) electrons. The van der Waals surface area contributed by atoms with E-state index in [0.717, 1.165) is 11.3 Å². The van der Waals surface area contributed by atoms with E-state index in [0.29, 0.717) is 16.6 Å². The van der Waals surface area contributed by atoms with Gasteiger partial charge in [0, 0.05) is 35.4 Å². The highest BCUT2D eigenvalue weighted by Crippen LogP contribution is 2.40. The van der Waals surface area contributed by atoms with Gasteiger partial charge in [0.05, 0.1) is 5.52 Å². The van der Waals surface area contributed by atoms with E-state index in [2.05, 4.69) is 15.2 Å². The maximum atomic E-state index is 14.4. The third-order valence-corrected chi connectivity index (χ3v) is 5.31. The number of hydrogen-bond donors (Lipinski definition) is 3. The van der Waals surface area contributed by atoms with Gasteiger partial charge in [-0.2, -0.15) is 5.10 Å². The van der Waals surface area contributed by atoms with Crippen molar-refractivity contribution in [2.45, 2.75) is 32.7 Å². The molecule has 0 spiro atoms. The van der Waals surface area contributed by atoms with Crippen LogP contribution in [-0.4, -0.2) is 43.6 Å². The lowest BCUT2D eigenvalue weighted by Crippen LogP contribution is -2.50. The standard InChI is InChI=1S/C19H19FN4O3/c1-9-4-5-12(20)15-14(9)11-7-24(17(25)13-6-10(2)22-23-13)8-19(3,18(26)27)16(11)21-15/h4-6,21H,7-8H2,1-3H3,(H,22,23)(H,26,27). The van der Waals surface area contributed by atoms with Crippen LogP contribution in [0.5, 0.6) is 0 Å². The summed E-state index contributed by atoms with van der Waals surface area (Å²) in [6.07, 6.45) is 0. The number of hydrogen-bond acceptors (Lipinski definition) is 3. The molecule has 3 N–H and O–H groups in total. The lowest BCUT2D eigenvalue weighted by molar-refractivity contribution is -0.144. The molecule has 0 fully saturated rings. The molecule has 1 aromatic carbocycles. The number of H-pyrrole nitrogens is 2. The van der Waals surface area contributed by atoms with E-state index < -0.39 is 17.2 Å². The fourth-order valence-corrected chi connectivity index (χ4v) is 3.86. The van der Waals surface area contributed by atoms with Crippen molar-refractivity contribution in [3.63, 3.8) is 0 Å². The molecule has 2 aromatic heterocycles. The van der Waals surface area contributed by atoms with E-state index in [4.69, 9.17) is 0 Å². The van der Waals surface area contributed by atoms with Crippen LogP contribution >= 0.6 is 0 Å². The van der Waals surface area contributed by atoms with Gasteiger partial charge >= 0.3 is 5.97 Å².